The van der Waals surface area contributed by atoms with Crippen molar-refractivity contribution < 1.29 is 31.8 Å². The lowest BCUT2D eigenvalue weighted by Gasteiger charge is -2.38. The third-order valence-corrected chi connectivity index (χ3v) is 7.60. The smallest absolute Gasteiger partial charge is 0.271 e. The Hall–Kier alpha value is -3.30. The van der Waals surface area contributed by atoms with Gasteiger partial charge in [0, 0.05) is 47.8 Å². The molecule has 1 saturated heterocycles. The van der Waals surface area contributed by atoms with E-state index in [0.29, 0.717) is 34.3 Å². The molecule has 1 aliphatic heterocycles. The summed E-state index contributed by atoms with van der Waals surface area (Å²) >= 11 is 1.28. The molecule has 3 aromatic carbocycles. The number of alkyl halides is 3. The number of methoxy groups -OCH3 is 1. The average Bonchev–Trinajstić information content (AvgIpc) is 3.22. The summed E-state index contributed by atoms with van der Waals surface area (Å²) in [6, 6.07) is 15.9. The first-order valence-electron chi connectivity index (χ1n) is 12.3. The van der Waals surface area contributed by atoms with E-state index >= 15 is 0 Å². The predicted molar refractivity (Wildman–Crippen MR) is 141 cm³/mol. The van der Waals surface area contributed by atoms with Crippen molar-refractivity contribution in [2.45, 2.75) is 25.4 Å². The highest BCUT2D eigenvalue weighted by atomic mass is 32.1. The molecular weight excluding hydrogens is 518 g/mol. The summed E-state index contributed by atoms with van der Waals surface area (Å²) in [6.45, 7) is 2.68. The van der Waals surface area contributed by atoms with Gasteiger partial charge >= 0.3 is 0 Å². The first-order chi connectivity index (χ1) is 18.2. The van der Waals surface area contributed by atoms with Crippen LogP contribution in [0.1, 0.15) is 18.9 Å². The van der Waals surface area contributed by atoms with E-state index in [2.05, 4.69) is 4.90 Å². The van der Waals surface area contributed by atoms with Gasteiger partial charge in [-0.25, -0.2) is 13.2 Å². The van der Waals surface area contributed by atoms with Gasteiger partial charge in [0.2, 0.25) is 0 Å². The molecule has 38 heavy (non-hydrogen) atoms. The molecule has 0 amide bonds. The van der Waals surface area contributed by atoms with Crippen LogP contribution in [0.4, 0.5) is 17.6 Å². The molecule has 0 spiro atoms. The Labute approximate surface area is 222 Å². The number of rotatable bonds is 10. The molecule has 0 bridgehead atoms. The zero-order valence-corrected chi connectivity index (χ0v) is 21.8. The first kappa shape index (κ1) is 26.3. The Morgan fingerprint density at radius 3 is 2.37 bits per heavy atom. The van der Waals surface area contributed by atoms with E-state index in [4.69, 9.17) is 14.2 Å². The van der Waals surface area contributed by atoms with E-state index in [0.717, 1.165) is 42.7 Å². The molecule has 1 aromatic heterocycles. The van der Waals surface area contributed by atoms with Crippen LogP contribution in [0.2, 0.25) is 0 Å². The molecule has 1 aliphatic rings. The van der Waals surface area contributed by atoms with Gasteiger partial charge in [0.1, 0.15) is 29.2 Å². The summed E-state index contributed by atoms with van der Waals surface area (Å²) in [6.07, 6.45) is 0.580. The number of ether oxygens (including phenoxy) is 3. The number of halogens is 4. The minimum atomic E-state index is -3.26. The summed E-state index contributed by atoms with van der Waals surface area (Å²) < 4.78 is 73.7. The number of likely N-dealkylation sites (tertiary alicyclic amines) is 1. The molecule has 200 valence electrons. The van der Waals surface area contributed by atoms with E-state index in [1.54, 1.807) is 37.4 Å². The molecule has 0 radical (unpaired) electrons. The van der Waals surface area contributed by atoms with Gasteiger partial charge in [0.25, 0.3) is 5.92 Å². The second kappa shape index (κ2) is 10.8. The van der Waals surface area contributed by atoms with Crippen molar-refractivity contribution in [1.29, 1.82) is 0 Å². The predicted octanol–water partition coefficient (Wildman–Crippen LogP) is 8.04. The highest BCUT2D eigenvalue weighted by molar-refractivity contribution is 7.22. The van der Waals surface area contributed by atoms with Crippen LogP contribution in [0.15, 0.2) is 60.7 Å². The minimum Gasteiger partial charge on any atom is -0.497 e. The van der Waals surface area contributed by atoms with E-state index in [9.17, 15) is 17.6 Å². The van der Waals surface area contributed by atoms with Gasteiger partial charge in [0.05, 0.1) is 18.7 Å². The fourth-order valence-corrected chi connectivity index (χ4v) is 5.69. The molecule has 1 fully saturated rings. The molecule has 0 atom stereocenters. The standard InChI is InChI=1S/C29H27F4NO3S/c1-29(32,33)25-14-18(31)4-10-23(25)28-27(24-11-9-21(35-2)15-26(24)38-28)37-20-7-5-19(6-8-20)36-22-16-34(17-22)13-3-12-30/h4-11,14-15,22H,3,12-13,16-17H2,1-2H3. The van der Waals surface area contributed by atoms with Crippen LogP contribution in [0.25, 0.3) is 20.5 Å². The number of hydrogen-bond acceptors (Lipinski definition) is 5. The van der Waals surface area contributed by atoms with Crippen LogP contribution in [0, 0.1) is 5.82 Å². The first-order valence-corrected chi connectivity index (χ1v) is 13.1. The van der Waals surface area contributed by atoms with Crippen LogP contribution in [-0.4, -0.2) is 44.4 Å². The second-order valence-electron chi connectivity index (χ2n) is 9.32. The third-order valence-electron chi connectivity index (χ3n) is 6.43. The molecule has 4 nitrogen and oxygen atoms in total. The van der Waals surface area contributed by atoms with E-state index in [1.165, 1.54) is 23.5 Å². The van der Waals surface area contributed by atoms with Crippen molar-refractivity contribution >= 4 is 21.4 Å². The summed E-state index contributed by atoms with van der Waals surface area (Å²) in [7, 11) is 1.55. The Bertz CT molecular complexity index is 1410. The second-order valence-corrected chi connectivity index (χ2v) is 10.4. The molecule has 9 heteroatoms. The molecule has 5 rings (SSSR count). The number of benzene rings is 3. The number of hydrogen-bond donors (Lipinski definition) is 0. The fourth-order valence-electron chi connectivity index (χ4n) is 4.50. The van der Waals surface area contributed by atoms with Crippen LogP contribution in [0.3, 0.4) is 0 Å². The number of nitrogens with zero attached hydrogens (tertiary/aromatic N) is 1. The van der Waals surface area contributed by atoms with Gasteiger partial charge in [-0.2, -0.15) is 0 Å². The quantitative estimate of drug-likeness (QED) is 0.189. The SMILES string of the molecule is COc1ccc2c(Oc3ccc(OC4CN(CCCF)C4)cc3)c(-c3ccc(F)cc3C(C)(F)F)sc2c1. The molecule has 0 saturated carbocycles. The Balaban J connectivity index is 1.44. The Morgan fingerprint density at radius 2 is 1.68 bits per heavy atom. The monoisotopic (exact) mass is 545 g/mol. The maximum atomic E-state index is 14.5. The van der Waals surface area contributed by atoms with Crippen LogP contribution < -0.4 is 14.2 Å². The van der Waals surface area contributed by atoms with Crippen molar-refractivity contribution in [2.75, 3.05) is 33.4 Å². The van der Waals surface area contributed by atoms with Gasteiger partial charge < -0.3 is 14.2 Å². The fraction of sp³-hybridized carbons (Fsp3) is 0.310. The van der Waals surface area contributed by atoms with Crippen molar-refractivity contribution in [3.05, 3.63) is 72.0 Å². The highest BCUT2D eigenvalue weighted by Crippen LogP contribution is 2.50. The maximum absolute atomic E-state index is 14.5. The van der Waals surface area contributed by atoms with Gasteiger partial charge in [-0.3, -0.25) is 9.29 Å². The number of fused-ring (bicyclic) bond motifs is 1. The average molecular weight is 546 g/mol. The topological polar surface area (TPSA) is 30.9 Å². The minimum absolute atomic E-state index is 0.0522. The number of thiophene rings is 1. The zero-order chi connectivity index (χ0) is 26.9. The molecule has 4 aromatic rings. The van der Waals surface area contributed by atoms with Gasteiger partial charge in [0.15, 0.2) is 5.75 Å². The highest BCUT2D eigenvalue weighted by Gasteiger charge is 2.31. The normalized spacial score (nSPS) is 14.5. The van der Waals surface area contributed by atoms with Crippen LogP contribution in [0.5, 0.6) is 23.0 Å². The van der Waals surface area contributed by atoms with Gasteiger partial charge in [-0.1, -0.05) is 6.07 Å². The molecular formula is C29H27F4NO3S. The van der Waals surface area contributed by atoms with Crippen molar-refractivity contribution in [2.24, 2.45) is 0 Å². The van der Waals surface area contributed by atoms with Crippen molar-refractivity contribution in [1.82, 2.24) is 4.90 Å². The van der Waals surface area contributed by atoms with Gasteiger partial charge in [-0.05, 0) is 61.0 Å². The lowest BCUT2D eigenvalue weighted by Crippen LogP contribution is -2.53. The Morgan fingerprint density at radius 1 is 0.974 bits per heavy atom. The van der Waals surface area contributed by atoms with E-state index in [-0.39, 0.29) is 18.3 Å². The summed E-state index contributed by atoms with van der Waals surface area (Å²) in [5.74, 6) is -1.79. The van der Waals surface area contributed by atoms with Crippen LogP contribution in [-0.2, 0) is 5.92 Å². The maximum Gasteiger partial charge on any atom is 0.271 e. The van der Waals surface area contributed by atoms with Crippen molar-refractivity contribution in [3.8, 4) is 33.4 Å². The lowest BCUT2D eigenvalue weighted by molar-refractivity contribution is 0.0177. The third kappa shape index (κ3) is 5.59. The van der Waals surface area contributed by atoms with E-state index in [1.807, 2.05) is 12.1 Å². The van der Waals surface area contributed by atoms with E-state index < -0.39 is 17.3 Å². The van der Waals surface area contributed by atoms with Crippen LogP contribution >= 0.6 is 11.3 Å². The molecule has 0 unspecified atom stereocenters. The summed E-state index contributed by atoms with van der Waals surface area (Å²) in [4.78, 5) is 2.61. The largest absolute Gasteiger partial charge is 0.497 e. The van der Waals surface area contributed by atoms with Gasteiger partial charge in [-0.15, -0.1) is 11.3 Å². The van der Waals surface area contributed by atoms with Crippen molar-refractivity contribution in [3.63, 3.8) is 0 Å². The molecule has 0 aliphatic carbocycles. The molecule has 2 heterocycles. The molecule has 0 N–H and O–H groups in total. The zero-order valence-electron chi connectivity index (χ0n) is 21.0. The summed E-state index contributed by atoms with van der Waals surface area (Å²) in [5.41, 5.74) is -0.206. The Kier molecular flexibility index (Phi) is 7.49. The lowest BCUT2D eigenvalue weighted by atomic mass is 10.00. The summed E-state index contributed by atoms with van der Waals surface area (Å²) in [5, 5.41) is 0.726.